The molecule has 1 amide bonds. The molecule has 1 unspecified atom stereocenters. The highest BCUT2D eigenvalue weighted by molar-refractivity contribution is 5.98. The van der Waals surface area contributed by atoms with E-state index in [9.17, 15) is 43.8 Å². The number of ketones is 1. The van der Waals surface area contributed by atoms with E-state index >= 15 is 0 Å². The van der Waals surface area contributed by atoms with Crippen LogP contribution >= 0.6 is 0 Å². The molecule has 0 saturated carbocycles. The summed E-state index contributed by atoms with van der Waals surface area (Å²) >= 11 is 0. The number of aliphatic carboxylic acids is 2. The highest BCUT2D eigenvalue weighted by Crippen LogP contribution is 2.27. The van der Waals surface area contributed by atoms with Crippen LogP contribution in [0, 0.1) is 5.92 Å². The number of fused-ring (bicyclic) bond motifs is 2. The van der Waals surface area contributed by atoms with Gasteiger partial charge >= 0.3 is 17.9 Å². The maximum Gasteiger partial charge on any atom is 0.326 e. The molecule has 0 saturated heterocycles. The minimum atomic E-state index is -1.28. The number of Topliss-reactive ketones (excluding diaryl/α,β-unsaturated/α-hetero) is 1. The summed E-state index contributed by atoms with van der Waals surface area (Å²) < 4.78 is 29.4. The number of hydrogen-bond acceptors (Lipinski definition) is 16. The Hall–Kier alpha value is -7.62. The molecule has 4 atom stereocenters. The number of carbonyl (C=O) groups excluding carboxylic acids is 3. The summed E-state index contributed by atoms with van der Waals surface area (Å²) in [5.41, 5.74) is 21.4. The average molecular weight is 975 g/mol. The lowest BCUT2D eigenvalue weighted by atomic mass is 9.95. The van der Waals surface area contributed by atoms with Gasteiger partial charge in [-0.15, -0.1) is 0 Å². The van der Waals surface area contributed by atoms with Crippen LogP contribution in [0.25, 0.3) is 21.9 Å². The molecule has 2 aromatic heterocycles. The van der Waals surface area contributed by atoms with Crippen LogP contribution in [0.4, 0.5) is 0 Å². The van der Waals surface area contributed by atoms with E-state index in [2.05, 4.69) is 20.3 Å². The zero-order valence-corrected chi connectivity index (χ0v) is 39.5. The first-order valence-corrected chi connectivity index (χ1v) is 22.8. The predicted molar refractivity (Wildman–Crippen MR) is 261 cm³/mol. The lowest BCUT2D eigenvalue weighted by Gasteiger charge is -2.22. The van der Waals surface area contributed by atoms with Gasteiger partial charge in [0.1, 0.15) is 58.7 Å². The Balaban J connectivity index is 1.54. The number of nitrogens with two attached hydrogens (primary N) is 4. The van der Waals surface area contributed by atoms with Crippen LogP contribution in [-0.4, -0.2) is 108 Å². The van der Waals surface area contributed by atoms with Crippen LogP contribution < -0.4 is 48.6 Å². The third-order valence-electron chi connectivity index (χ3n) is 10.6. The van der Waals surface area contributed by atoms with Gasteiger partial charge in [0.05, 0.1) is 23.4 Å². The number of ether oxygens (including phenoxy) is 3. The van der Waals surface area contributed by atoms with Crippen LogP contribution in [0.5, 0.6) is 11.5 Å². The fraction of sp³-hybridized carbons (Fsp3) is 0.458. The number of amides is 1. The van der Waals surface area contributed by atoms with E-state index in [0.29, 0.717) is 75.7 Å². The maximum absolute atomic E-state index is 13.6. The summed E-state index contributed by atoms with van der Waals surface area (Å²) in [6, 6.07) is 8.24. The number of nitrogens with one attached hydrogen (secondary N) is 1. The summed E-state index contributed by atoms with van der Waals surface area (Å²) in [4.78, 5) is 103. The largest absolute Gasteiger partial charge is 0.489 e. The van der Waals surface area contributed by atoms with Gasteiger partial charge in [-0.3, -0.25) is 43.7 Å². The molecule has 11 N–H and O–H groups in total. The average Bonchev–Trinajstić information content (AvgIpc) is 3.30. The Morgan fingerprint density at radius 2 is 1.13 bits per heavy atom. The second-order valence-corrected chi connectivity index (χ2v) is 16.6. The number of aliphatic imine (C=N–C) groups is 3. The monoisotopic (exact) mass is 974 g/mol. The Kier molecular flexibility index (Phi) is 21.5. The van der Waals surface area contributed by atoms with E-state index in [0.717, 1.165) is 12.1 Å². The van der Waals surface area contributed by atoms with Crippen molar-refractivity contribution in [1.82, 2.24) is 5.32 Å². The van der Waals surface area contributed by atoms with Crippen molar-refractivity contribution in [3.8, 4) is 11.5 Å². The van der Waals surface area contributed by atoms with Crippen molar-refractivity contribution >= 4 is 69.0 Å². The van der Waals surface area contributed by atoms with Gasteiger partial charge in [0.25, 0.3) is 5.91 Å². The van der Waals surface area contributed by atoms with E-state index in [1.807, 2.05) is 0 Å². The molecule has 22 heteroatoms. The van der Waals surface area contributed by atoms with Gasteiger partial charge in [0.2, 0.25) is 0 Å². The van der Waals surface area contributed by atoms with E-state index in [1.165, 1.54) is 36.4 Å². The summed E-state index contributed by atoms with van der Waals surface area (Å²) in [6.45, 7) is 5.35. The fourth-order valence-corrected chi connectivity index (χ4v) is 7.03. The molecule has 4 rings (SSSR count). The third-order valence-corrected chi connectivity index (χ3v) is 10.6. The molecule has 0 aliphatic carbocycles. The van der Waals surface area contributed by atoms with Crippen LogP contribution in [0.15, 0.2) is 81.9 Å². The number of carboxylic acids is 2. The number of rotatable bonds is 30. The van der Waals surface area contributed by atoms with Crippen molar-refractivity contribution in [3.05, 3.63) is 80.5 Å². The maximum atomic E-state index is 13.6. The second kappa shape index (κ2) is 27.4. The van der Waals surface area contributed by atoms with Crippen LogP contribution in [-0.2, 0) is 19.1 Å². The highest BCUT2D eigenvalue weighted by Gasteiger charge is 2.27. The fourth-order valence-electron chi connectivity index (χ4n) is 7.03. The van der Waals surface area contributed by atoms with E-state index < -0.39 is 90.0 Å². The van der Waals surface area contributed by atoms with Gasteiger partial charge in [0, 0.05) is 38.2 Å². The zero-order valence-electron chi connectivity index (χ0n) is 39.5. The molecule has 0 aliphatic rings. The zero-order chi connectivity index (χ0) is 51.3. The number of benzene rings is 2. The number of esters is 1. The summed E-state index contributed by atoms with van der Waals surface area (Å²) in [5.74, 6) is -5.49. The van der Waals surface area contributed by atoms with Crippen molar-refractivity contribution in [2.45, 2.75) is 103 Å². The first-order chi connectivity index (χ1) is 33.3. The van der Waals surface area contributed by atoms with Crippen molar-refractivity contribution in [2.75, 3.05) is 32.8 Å². The van der Waals surface area contributed by atoms with Crippen molar-refractivity contribution in [1.29, 1.82) is 0 Å². The van der Waals surface area contributed by atoms with Crippen molar-refractivity contribution in [2.24, 2.45) is 43.8 Å². The van der Waals surface area contributed by atoms with Crippen molar-refractivity contribution in [3.63, 3.8) is 0 Å². The Bertz CT molecular complexity index is 2520. The molecule has 378 valence electrons. The first-order valence-electron chi connectivity index (χ1n) is 22.8. The minimum Gasteiger partial charge on any atom is -0.489 e. The lowest BCUT2D eigenvalue weighted by molar-refractivity contribution is -0.154. The molecular weight excluding hydrogens is 913 g/mol. The molecular formula is C48H62N8O14. The van der Waals surface area contributed by atoms with Gasteiger partial charge in [-0.05, 0) is 96.4 Å². The quantitative estimate of drug-likeness (QED) is 0.0129. The Labute approximate surface area is 402 Å². The number of carboxylic acid groups (broad SMARTS) is 2. The van der Waals surface area contributed by atoms with Gasteiger partial charge in [-0.25, -0.2) is 4.79 Å². The lowest BCUT2D eigenvalue weighted by Crippen LogP contribution is -2.41. The molecule has 0 bridgehead atoms. The minimum absolute atomic E-state index is 0.0114. The number of amidine groups is 3. The number of unbranched alkanes of at least 4 members (excludes halogenated alkanes) is 3. The Morgan fingerprint density at radius 3 is 1.61 bits per heavy atom. The van der Waals surface area contributed by atoms with Crippen LogP contribution in [0.3, 0.4) is 0 Å². The molecule has 0 aliphatic heterocycles. The molecule has 2 heterocycles. The second-order valence-electron chi connectivity index (χ2n) is 16.6. The van der Waals surface area contributed by atoms with E-state index in [4.69, 9.17) is 46.0 Å². The number of nitrogens with zero attached hydrogens (tertiary/aromatic N) is 3. The van der Waals surface area contributed by atoms with Gasteiger partial charge in [0.15, 0.2) is 34.3 Å². The molecule has 0 radical (unpaired) electrons. The van der Waals surface area contributed by atoms with Crippen LogP contribution in [0.2, 0.25) is 0 Å². The molecule has 70 heavy (non-hydrogen) atoms. The molecule has 0 fully saturated rings. The standard InChI is InChI=1S/C48H62N8O14/c1-27(49)53-19-7-4-12-30(46(61)62)22-34(57)41-23-35(58)43-37(15-10-17-39(43)69-41)66-25-31(68-48(65)32(52)13-5-8-20-54-28(2)50)26-67-38-16-11-18-40-44(38)36(59)24-42(70-40)45(60)56-33(47(63)64)14-6-9-21-55-29(3)51/h10-11,15-18,23-24,30-33H,4-9,12-14,19-22,25-26,52H2,1-3H3,(H2,49,53)(H2,50,54)(H2,51,55)(H,56,60)(H,61,62)(H,63,64)/t30-,31?,32+,33+/m1/s1. The summed E-state index contributed by atoms with van der Waals surface area (Å²) in [5, 5.41) is 21.8. The predicted octanol–water partition coefficient (Wildman–Crippen LogP) is 3.70. The third kappa shape index (κ3) is 17.5. The molecule has 0 spiro atoms. The number of carbonyl (C=O) groups is 5. The van der Waals surface area contributed by atoms with E-state index in [1.54, 1.807) is 20.8 Å². The van der Waals surface area contributed by atoms with Gasteiger partial charge < -0.3 is 61.5 Å². The van der Waals surface area contributed by atoms with Crippen molar-refractivity contribution < 1.29 is 57.2 Å². The Morgan fingerprint density at radius 1 is 0.657 bits per heavy atom. The highest BCUT2D eigenvalue weighted by atomic mass is 16.6. The SMILES string of the molecule is CC(N)=NCCCC[C@H](CC(=O)c1cc(=O)c2c(OCC(COc3cccc4oc(C(=O)N[C@@H](CCCCN=C(C)N)C(=O)O)cc(=O)c34)OC(=O)[C@@H](N)CCCCN=C(C)N)cccc2o1)C(=O)O. The van der Waals surface area contributed by atoms with Gasteiger partial charge in [-0.1, -0.05) is 18.6 Å². The smallest absolute Gasteiger partial charge is 0.326 e. The summed E-state index contributed by atoms with van der Waals surface area (Å²) in [6.07, 6.45) is 2.01. The normalized spacial score (nSPS) is 13.9. The molecule has 2 aromatic carbocycles. The number of hydrogen-bond donors (Lipinski definition) is 7. The topological polar surface area (TPSA) is 367 Å². The summed E-state index contributed by atoms with van der Waals surface area (Å²) in [7, 11) is 0. The molecule has 22 nitrogen and oxygen atoms in total. The van der Waals surface area contributed by atoms with Crippen LogP contribution in [0.1, 0.15) is 106 Å². The first kappa shape index (κ1) is 55.0. The van der Waals surface area contributed by atoms with E-state index in [-0.39, 0.29) is 58.5 Å². The molecule has 4 aromatic rings. The van der Waals surface area contributed by atoms with Gasteiger partial charge in [-0.2, -0.15) is 0 Å².